The summed E-state index contributed by atoms with van der Waals surface area (Å²) in [6, 6.07) is 14.3. The Morgan fingerprint density at radius 2 is 1.83 bits per heavy atom. The number of carboxylic acid groups (broad SMARTS) is 1. The first-order valence-corrected chi connectivity index (χ1v) is 7.62. The molecule has 2 aromatic carbocycles. The molecule has 6 nitrogen and oxygen atoms in total. The van der Waals surface area contributed by atoms with Crippen LogP contribution in [0.25, 0.3) is 11.1 Å². The summed E-state index contributed by atoms with van der Waals surface area (Å²) in [6.07, 6.45) is 0.678. The lowest BCUT2D eigenvalue weighted by Crippen LogP contribution is -2.06. The van der Waals surface area contributed by atoms with E-state index in [4.69, 9.17) is 0 Å². The number of carbonyl (C=O) groups is 1. The van der Waals surface area contributed by atoms with Crippen molar-refractivity contribution in [2.75, 3.05) is 0 Å². The first-order chi connectivity index (χ1) is 11.6. The Bertz CT molecular complexity index is 869. The SMILES string of the molecule is CCc1nc(O)nn1Cc1ccc(-c2ccccc2C(=O)O)cc1. The first-order valence-electron chi connectivity index (χ1n) is 7.62. The second kappa shape index (κ2) is 6.54. The van der Waals surface area contributed by atoms with Crippen LogP contribution in [0.5, 0.6) is 6.01 Å². The first kappa shape index (κ1) is 15.7. The zero-order chi connectivity index (χ0) is 17.1. The minimum atomic E-state index is -0.944. The van der Waals surface area contributed by atoms with Crippen LogP contribution >= 0.6 is 0 Å². The molecule has 2 N–H and O–H groups in total. The standard InChI is InChI=1S/C18H17N3O3/c1-2-16-19-18(24)20-21(16)11-12-7-9-13(10-8-12)14-5-3-4-6-15(14)17(22)23/h3-10H,2,11H2,1H3,(H,20,24)(H,22,23). The van der Waals surface area contributed by atoms with E-state index in [9.17, 15) is 15.0 Å². The van der Waals surface area contributed by atoms with Gasteiger partial charge in [-0.15, -0.1) is 5.10 Å². The maximum atomic E-state index is 11.3. The fourth-order valence-corrected chi connectivity index (χ4v) is 2.63. The molecule has 1 aromatic heterocycles. The van der Waals surface area contributed by atoms with E-state index in [0.717, 1.165) is 11.1 Å². The van der Waals surface area contributed by atoms with Crippen LogP contribution in [0.15, 0.2) is 48.5 Å². The number of aromatic nitrogens is 3. The van der Waals surface area contributed by atoms with Gasteiger partial charge in [0.25, 0.3) is 0 Å². The highest BCUT2D eigenvalue weighted by atomic mass is 16.4. The van der Waals surface area contributed by atoms with E-state index in [1.165, 1.54) is 0 Å². The number of aromatic carboxylic acids is 1. The van der Waals surface area contributed by atoms with E-state index in [-0.39, 0.29) is 11.6 Å². The number of benzene rings is 2. The van der Waals surface area contributed by atoms with Gasteiger partial charge in [0.2, 0.25) is 0 Å². The van der Waals surface area contributed by atoms with Gasteiger partial charge in [-0.1, -0.05) is 49.4 Å². The average molecular weight is 323 g/mol. The van der Waals surface area contributed by atoms with Crippen molar-refractivity contribution in [1.29, 1.82) is 0 Å². The van der Waals surface area contributed by atoms with Crippen molar-refractivity contribution in [3.05, 3.63) is 65.5 Å². The van der Waals surface area contributed by atoms with Crippen LogP contribution < -0.4 is 0 Å². The van der Waals surface area contributed by atoms with Crippen molar-refractivity contribution in [1.82, 2.24) is 14.8 Å². The number of aromatic hydroxyl groups is 1. The van der Waals surface area contributed by atoms with Crippen molar-refractivity contribution in [2.45, 2.75) is 19.9 Å². The van der Waals surface area contributed by atoms with E-state index in [1.54, 1.807) is 22.9 Å². The van der Waals surface area contributed by atoms with Crippen LogP contribution in [0, 0.1) is 0 Å². The quantitative estimate of drug-likeness (QED) is 0.753. The number of aryl methyl sites for hydroxylation is 1. The van der Waals surface area contributed by atoms with E-state index in [1.807, 2.05) is 37.3 Å². The Morgan fingerprint density at radius 1 is 1.12 bits per heavy atom. The Kier molecular flexibility index (Phi) is 4.29. The summed E-state index contributed by atoms with van der Waals surface area (Å²) in [5.41, 5.74) is 2.80. The van der Waals surface area contributed by atoms with E-state index < -0.39 is 5.97 Å². The highest BCUT2D eigenvalue weighted by molar-refractivity contribution is 5.95. The lowest BCUT2D eigenvalue weighted by atomic mass is 9.99. The van der Waals surface area contributed by atoms with Gasteiger partial charge < -0.3 is 10.2 Å². The molecular weight excluding hydrogens is 306 g/mol. The molecule has 0 saturated heterocycles. The molecule has 0 atom stereocenters. The lowest BCUT2D eigenvalue weighted by Gasteiger charge is -2.08. The second-order valence-electron chi connectivity index (χ2n) is 5.39. The van der Waals surface area contributed by atoms with Gasteiger partial charge in [0, 0.05) is 6.42 Å². The summed E-state index contributed by atoms with van der Waals surface area (Å²) in [6.45, 7) is 2.45. The summed E-state index contributed by atoms with van der Waals surface area (Å²) in [4.78, 5) is 15.3. The molecule has 0 spiro atoms. The molecule has 6 heteroatoms. The topological polar surface area (TPSA) is 88.2 Å². The highest BCUT2D eigenvalue weighted by Gasteiger charge is 2.11. The third kappa shape index (κ3) is 3.12. The predicted octanol–water partition coefficient (Wildman–Crippen LogP) is 2.96. The van der Waals surface area contributed by atoms with Crippen molar-refractivity contribution < 1.29 is 15.0 Å². The second-order valence-corrected chi connectivity index (χ2v) is 5.39. The minimum absolute atomic E-state index is 0.223. The van der Waals surface area contributed by atoms with E-state index in [0.29, 0.717) is 24.4 Å². The van der Waals surface area contributed by atoms with Gasteiger partial charge in [-0.2, -0.15) is 4.98 Å². The molecule has 0 unspecified atom stereocenters. The number of carboxylic acids is 1. The molecule has 0 amide bonds. The number of hydrogen-bond donors (Lipinski definition) is 2. The van der Waals surface area contributed by atoms with Gasteiger partial charge in [0.1, 0.15) is 5.82 Å². The van der Waals surface area contributed by atoms with Crippen LogP contribution in [0.1, 0.15) is 28.7 Å². The molecule has 0 aliphatic carbocycles. The van der Waals surface area contributed by atoms with E-state index in [2.05, 4.69) is 10.1 Å². The van der Waals surface area contributed by atoms with Crippen molar-refractivity contribution >= 4 is 5.97 Å². The summed E-state index contributed by atoms with van der Waals surface area (Å²) in [5, 5.41) is 22.7. The van der Waals surface area contributed by atoms with Crippen LogP contribution in [-0.2, 0) is 13.0 Å². The largest absolute Gasteiger partial charge is 0.478 e. The Hall–Kier alpha value is -3.15. The van der Waals surface area contributed by atoms with Crippen LogP contribution in [0.4, 0.5) is 0 Å². The Morgan fingerprint density at radius 3 is 2.50 bits per heavy atom. The monoisotopic (exact) mass is 323 g/mol. The van der Waals surface area contributed by atoms with Gasteiger partial charge >= 0.3 is 12.0 Å². The molecule has 0 radical (unpaired) electrons. The van der Waals surface area contributed by atoms with Gasteiger partial charge in [-0.05, 0) is 22.8 Å². The molecule has 0 bridgehead atoms. The molecule has 3 aromatic rings. The van der Waals surface area contributed by atoms with Crippen molar-refractivity contribution in [3.8, 4) is 17.1 Å². The number of hydrogen-bond acceptors (Lipinski definition) is 4. The summed E-state index contributed by atoms with van der Waals surface area (Å²) in [5.74, 6) is -0.229. The van der Waals surface area contributed by atoms with Gasteiger partial charge in [-0.25, -0.2) is 9.48 Å². The molecule has 1 heterocycles. The van der Waals surface area contributed by atoms with Crippen molar-refractivity contribution in [3.63, 3.8) is 0 Å². The number of rotatable bonds is 5. The molecule has 122 valence electrons. The summed E-state index contributed by atoms with van der Waals surface area (Å²) >= 11 is 0. The molecule has 0 aliphatic rings. The average Bonchev–Trinajstić information content (AvgIpc) is 2.95. The molecule has 0 fully saturated rings. The minimum Gasteiger partial charge on any atom is -0.478 e. The highest BCUT2D eigenvalue weighted by Crippen LogP contribution is 2.24. The molecule has 3 rings (SSSR count). The van der Waals surface area contributed by atoms with Crippen LogP contribution in [-0.4, -0.2) is 30.9 Å². The maximum Gasteiger partial charge on any atom is 0.336 e. The summed E-state index contributed by atoms with van der Waals surface area (Å²) in [7, 11) is 0. The molecule has 0 saturated carbocycles. The molecule has 24 heavy (non-hydrogen) atoms. The van der Waals surface area contributed by atoms with Gasteiger partial charge in [-0.3, -0.25) is 0 Å². The fraction of sp³-hybridized carbons (Fsp3) is 0.167. The zero-order valence-corrected chi connectivity index (χ0v) is 13.2. The fourth-order valence-electron chi connectivity index (χ4n) is 2.63. The maximum absolute atomic E-state index is 11.3. The van der Waals surface area contributed by atoms with Crippen LogP contribution in [0.2, 0.25) is 0 Å². The number of nitrogens with zero attached hydrogens (tertiary/aromatic N) is 3. The zero-order valence-electron chi connectivity index (χ0n) is 13.2. The lowest BCUT2D eigenvalue weighted by molar-refractivity contribution is 0.0697. The molecule has 0 aliphatic heterocycles. The van der Waals surface area contributed by atoms with E-state index >= 15 is 0 Å². The van der Waals surface area contributed by atoms with Crippen LogP contribution in [0.3, 0.4) is 0 Å². The van der Waals surface area contributed by atoms with Gasteiger partial charge in [0.05, 0.1) is 12.1 Å². The predicted molar refractivity (Wildman–Crippen MR) is 89.0 cm³/mol. The Balaban J connectivity index is 1.87. The Labute approximate surface area is 139 Å². The third-order valence-electron chi connectivity index (χ3n) is 3.81. The summed E-state index contributed by atoms with van der Waals surface area (Å²) < 4.78 is 1.66. The van der Waals surface area contributed by atoms with Gasteiger partial charge in [0.15, 0.2) is 0 Å². The van der Waals surface area contributed by atoms with Crippen molar-refractivity contribution in [2.24, 2.45) is 0 Å². The normalized spacial score (nSPS) is 10.7. The smallest absolute Gasteiger partial charge is 0.336 e. The third-order valence-corrected chi connectivity index (χ3v) is 3.81. The molecular formula is C18H17N3O3.